The molecule has 2 N–H and O–H groups in total. The predicted molar refractivity (Wildman–Crippen MR) is 154 cm³/mol. The number of hydrogen-bond donors (Lipinski definition) is 2. The maximum absolute atomic E-state index is 14.1. The molecule has 0 fully saturated rings. The number of halogens is 4. The fraction of sp³-hybridized carbons (Fsp3) is 0.294. The molecule has 234 valence electrons. The SMILES string of the molecule is O[C@@H]([C@H](O)[C@@H](COCc1c(F)cccc1F)OCc1ccccc1)[C@@H](COCc1c(F)cccc1F)OCc1ccccc1. The lowest BCUT2D eigenvalue weighted by molar-refractivity contribution is -0.170. The van der Waals surface area contributed by atoms with Gasteiger partial charge < -0.3 is 29.2 Å². The van der Waals surface area contributed by atoms with Crippen LogP contribution in [0.4, 0.5) is 17.6 Å². The third kappa shape index (κ3) is 9.68. The van der Waals surface area contributed by atoms with Crippen LogP contribution in [0.5, 0.6) is 0 Å². The Morgan fingerprint density at radius 3 is 1.14 bits per heavy atom. The highest BCUT2D eigenvalue weighted by Gasteiger charge is 2.34. The normalized spacial score (nSPS) is 14.2. The van der Waals surface area contributed by atoms with Crippen LogP contribution in [0, 0.1) is 23.3 Å². The molecule has 0 bridgehead atoms. The molecule has 0 aliphatic rings. The van der Waals surface area contributed by atoms with Crippen LogP contribution in [-0.2, 0) is 45.4 Å². The molecule has 44 heavy (non-hydrogen) atoms. The second kappa shape index (κ2) is 17.0. The van der Waals surface area contributed by atoms with E-state index in [1.165, 1.54) is 12.1 Å². The molecule has 0 heterocycles. The van der Waals surface area contributed by atoms with Crippen LogP contribution in [0.25, 0.3) is 0 Å². The fourth-order valence-corrected chi connectivity index (χ4v) is 4.38. The highest BCUT2D eigenvalue weighted by atomic mass is 19.1. The van der Waals surface area contributed by atoms with Gasteiger partial charge in [0.05, 0.1) is 39.6 Å². The summed E-state index contributed by atoms with van der Waals surface area (Å²) in [5.74, 6) is -3.15. The van der Waals surface area contributed by atoms with Gasteiger partial charge in [0.25, 0.3) is 0 Å². The first-order chi connectivity index (χ1) is 21.3. The van der Waals surface area contributed by atoms with E-state index in [-0.39, 0.29) is 37.6 Å². The van der Waals surface area contributed by atoms with Gasteiger partial charge in [0.1, 0.15) is 47.7 Å². The van der Waals surface area contributed by atoms with Crippen molar-refractivity contribution in [2.24, 2.45) is 0 Å². The van der Waals surface area contributed by atoms with Gasteiger partial charge in [0, 0.05) is 11.1 Å². The van der Waals surface area contributed by atoms with Gasteiger partial charge in [-0.3, -0.25) is 0 Å². The van der Waals surface area contributed by atoms with E-state index < -0.39 is 60.9 Å². The van der Waals surface area contributed by atoms with Crippen LogP contribution < -0.4 is 0 Å². The van der Waals surface area contributed by atoms with E-state index in [4.69, 9.17) is 18.9 Å². The molecule has 10 heteroatoms. The van der Waals surface area contributed by atoms with Crippen LogP contribution in [0.2, 0.25) is 0 Å². The quantitative estimate of drug-likeness (QED) is 0.145. The molecule has 0 radical (unpaired) electrons. The Labute approximate surface area is 253 Å². The zero-order valence-electron chi connectivity index (χ0n) is 23.8. The van der Waals surface area contributed by atoms with Gasteiger partial charge in [-0.1, -0.05) is 72.8 Å². The lowest BCUT2D eigenvalue weighted by atomic mass is 10.0. The van der Waals surface area contributed by atoms with Gasteiger partial charge >= 0.3 is 0 Å². The average Bonchev–Trinajstić information content (AvgIpc) is 3.03. The number of benzene rings is 4. The van der Waals surface area contributed by atoms with Gasteiger partial charge in [-0.05, 0) is 35.4 Å². The van der Waals surface area contributed by atoms with Crippen LogP contribution >= 0.6 is 0 Å². The highest BCUT2D eigenvalue weighted by Crippen LogP contribution is 2.19. The molecule has 4 aromatic rings. The minimum absolute atomic E-state index is 0.0330. The largest absolute Gasteiger partial charge is 0.388 e. The summed E-state index contributed by atoms with van der Waals surface area (Å²) in [5.41, 5.74) is 0.960. The standard InChI is InChI=1S/C34H34F4O6/c35-27-13-7-14-28(36)25(27)19-41-21-31(43-17-23-9-3-1-4-10-23)33(39)34(40)32(44-18-24-11-5-2-6-12-24)22-42-20-26-29(37)15-8-16-30(26)38/h1-16,31-34,39-40H,17-22H2/t31-,32-,33-,34-/m1/s1. The van der Waals surface area contributed by atoms with Crippen LogP contribution in [-0.4, -0.2) is 47.8 Å². The van der Waals surface area contributed by atoms with E-state index in [0.29, 0.717) is 0 Å². The maximum atomic E-state index is 14.1. The average molecular weight is 615 g/mol. The maximum Gasteiger partial charge on any atom is 0.131 e. The monoisotopic (exact) mass is 614 g/mol. The summed E-state index contributed by atoms with van der Waals surface area (Å²) < 4.78 is 79.4. The van der Waals surface area contributed by atoms with Crippen molar-refractivity contribution < 1.29 is 46.7 Å². The Balaban J connectivity index is 1.47. The Kier molecular flexibility index (Phi) is 12.9. The van der Waals surface area contributed by atoms with Crippen molar-refractivity contribution in [3.8, 4) is 0 Å². The molecule has 0 aromatic heterocycles. The second-order valence-electron chi connectivity index (χ2n) is 10.1. The zero-order valence-corrected chi connectivity index (χ0v) is 23.8. The number of ether oxygens (including phenoxy) is 4. The third-order valence-corrected chi connectivity index (χ3v) is 6.91. The molecule has 0 saturated heterocycles. The first-order valence-corrected chi connectivity index (χ1v) is 14.0. The molecular formula is C34H34F4O6. The van der Waals surface area contributed by atoms with Crippen molar-refractivity contribution in [2.45, 2.75) is 50.8 Å². The summed E-state index contributed by atoms with van der Waals surface area (Å²) in [6, 6.07) is 25.0. The highest BCUT2D eigenvalue weighted by molar-refractivity contribution is 5.20. The Morgan fingerprint density at radius 2 is 0.795 bits per heavy atom. The molecule has 4 rings (SSSR count). The van der Waals surface area contributed by atoms with Crippen molar-refractivity contribution in [1.82, 2.24) is 0 Å². The summed E-state index contributed by atoms with van der Waals surface area (Å²) in [7, 11) is 0. The minimum Gasteiger partial charge on any atom is -0.388 e. The molecule has 6 nitrogen and oxygen atoms in total. The number of rotatable bonds is 17. The molecule has 0 saturated carbocycles. The molecule has 0 amide bonds. The topological polar surface area (TPSA) is 77.4 Å². The van der Waals surface area contributed by atoms with E-state index in [2.05, 4.69) is 0 Å². The molecule has 0 spiro atoms. The van der Waals surface area contributed by atoms with Crippen molar-refractivity contribution in [2.75, 3.05) is 13.2 Å². The van der Waals surface area contributed by atoms with E-state index in [0.717, 1.165) is 35.4 Å². The van der Waals surface area contributed by atoms with Crippen LogP contribution in [0.1, 0.15) is 22.3 Å². The van der Waals surface area contributed by atoms with E-state index >= 15 is 0 Å². The molecule has 4 atom stereocenters. The van der Waals surface area contributed by atoms with Crippen molar-refractivity contribution in [3.63, 3.8) is 0 Å². The zero-order chi connectivity index (χ0) is 31.3. The lowest BCUT2D eigenvalue weighted by Crippen LogP contribution is -2.49. The summed E-state index contributed by atoms with van der Waals surface area (Å²) in [6.07, 6.45) is -5.60. The van der Waals surface area contributed by atoms with Gasteiger partial charge in [-0.15, -0.1) is 0 Å². The summed E-state index contributed by atoms with van der Waals surface area (Å²) in [5, 5.41) is 22.6. The number of aliphatic hydroxyl groups excluding tert-OH is 2. The number of hydrogen-bond acceptors (Lipinski definition) is 6. The smallest absolute Gasteiger partial charge is 0.131 e. The molecule has 0 aliphatic heterocycles. The van der Waals surface area contributed by atoms with Gasteiger partial charge in [0.2, 0.25) is 0 Å². The summed E-state index contributed by atoms with van der Waals surface area (Å²) >= 11 is 0. The number of aliphatic hydroxyl groups is 2. The second-order valence-corrected chi connectivity index (χ2v) is 10.1. The minimum atomic E-state index is -1.63. The van der Waals surface area contributed by atoms with Crippen molar-refractivity contribution in [1.29, 1.82) is 0 Å². The lowest BCUT2D eigenvalue weighted by Gasteiger charge is -2.32. The molecule has 4 aromatic carbocycles. The molecule has 0 aliphatic carbocycles. The summed E-state index contributed by atoms with van der Waals surface area (Å²) in [4.78, 5) is 0. The fourth-order valence-electron chi connectivity index (χ4n) is 4.38. The molecular weight excluding hydrogens is 580 g/mol. The van der Waals surface area contributed by atoms with E-state index in [9.17, 15) is 27.8 Å². The Bertz CT molecular complexity index is 1280. The Morgan fingerprint density at radius 1 is 0.455 bits per heavy atom. The molecule has 0 unspecified atom stereocenters. The van der Waals surface area contributed by atoms with Crippen molar-refractivity contribution in [3.05, 3.63) is 143 Å². The first kappa shape index (κ1) is 33.3. The van der Waals surface area contributed by atoms with Crippen LogP contribution in [0.15, 0.2) is 97.1 Å². The predicted octanol–water partition coefficient (Wildman–Crippen LogP) is 5.87. The van der Waals surface area contributed by atoms with Gasteiger partial charge in [-0.2, -0.15) is 0 Å². The van der Waals surface area contributed by atoms with Crippen molar-refractivity contribution >= 4 is 0 Å². The van der Waals surface area contributed by atoms with Crippen LogP contribution in [0.3, 0.4) is 0 Å². The third-order valence-electron chi connectivity index (χ3n) is 6.91. The van der Waals surface area contributed by atoms with E-state index in [1.807, 2.05) is 12.1 Å². The Hall–Kier alpha value is -3.64. The first-order valence-electron chi connectivity index (χ1n) is 14.0. The van der Waals surface area contributed by atoms with Gasteiger partial charge in [-0.25, -0.2) is 17.6 Å². The summed E-state index contributed by atoms with van der Waals surface area (Å²) in [6.45, 7) is -1.51. The van der Waals surface area contributed by atoms with E-state index in [1.54, 1.807) is 48.5 Å². The van der Waals surface area contributed by atoms with Gasteiger partial charge in [0.15, 0.2) is 0 Å².